The minimum Gasteiger partial charge on any atom is -0.383 e. The van der Waals surface area contributed by atoms with Gasteiger partial charge in [-0.2, -0.15) is 4.31 Å². The van der Waals surface area contributed by atoms with Crippen LogP contribution >= 0.6 is 11.3 Å². The summed E-state index contributed by atoms with van der Waals surface area (Å²) >= 11 is 1.62. The second kappa shape index (κ2) is 10.1. The molecule has 1 N–H and O–H groups in total. The first-order valence-corrected chi connectivity index (χ1v) is 13.8. The lowest BCUT2D eigenvalue weighted by atomic mass is 10.1. The van der Waals surface area contributed by atoms with Gasteiger partial charge in [0.1, 0.15) is 5.82 Å². The highest BCUT2D eigenvalue weighted by Crippen LogP contribution is 2.34. The van der Waals surface area contributed by atoms with Crippen LogP contribution in [0.3, 0.4) is 0 Å². The number of nitrogens with zero attached hydrogens (tertiary/aromatic N) is 4. The van der Waals surface area contributed by atoms with Gasteiger partial charge < -0.3 is 14.6 Å². The Labute approximate surface area is 204 Å². The Bertz CT molecular complexity index is 1330. The summed E-state index contributed by atoms with van der Waals surface area (Å²) in [5.74, 6) is 0.754. The number of rotatable bonds is 8. The zero-order chi connectivity index (χ0) is 24.5. The number of ether oxygens (including phenoxy) is 1. The third-order valence-electron chi connectivity index (χ3n) is 5.96. The predicted octanol–water partition coefficient (Wildman–Crippen LogP) is 2.19. The molecule has 0 aliphatic carbocycles. The lowest BCUT2D eigenvalue weighted by Gasteiger charge is -2.32. The number of methoxy groups -OCH3 is 1. The van der Waals surface area contributed by atoms with E-state index >= 15 is 0 Å². The van der Waals surface area contributed by atoms with E-state index in [4.69, 9.17) is 4.74 Å². The van der Waals surface area contributed by atoms with Crippen molar-refractivity contribution in [1.82, 2.24) is 18.8 Å². The molecule has 1 atom stereocenters. The zero-order valence-corrected chi connectivity index (χ0v) is 21.6. The summed E-state index contributed by atoms with van der Waals surface area (Å²) in [5, 5.41) is 4.05. The molecule has 1 aliphatic rings. The van der Waals surface area contributed by atoms with Crippen molar-refractivity contribution in [2.45, 2.75) is 19.5 Å². The second-order valence-electron chi connectivity index (χ2n) is 8.78. The number of aromatic nitrogens is 2. The number of nitrogens with one attached hydrogen (secondary N) is 1. The number of aryl methyl sites for hydroxylation is 1. The molecule has 34 heavy (non-hydrogen) atoms. The van der Waals surface area contributed by atoms with Crippen molar-refractivity contribution in [3.63, 3.8) is 0 Å². The zero-order valence-electron chi connectivity index (χ0n) is 19.9. The van der Waals surface area contributed by atoms with E-state index in [1.807, 2.05) is 31.3 Å². The normalized spacial score (nSPS) is 16.7. The summed E-state index contributed by atoms with van der Waals surface area (Å²) in [5.41, 5.74) is 1.95. The number of hydrogen-bond acceptors (Lipinski definition) is 8. The Morgan fingerprint density at radius 1 is 1.24 bits per heavy atom. The van der Waals surface area contributed by atoms with Crippen LogP contribution in [-0.2, 0) is 28.4 Å². The van der Waals surface area contributed by atoms with Crippen LogP contribution in [0.4, 0.5) is 5.82 Å². The number of pyridine rings is 2. The summed E-state index contributed by atoms with van der Waals surface area (Å²) in [6, 6.07) is 6.05. The number of fused-ring (bicyclic) bond motifs is 1. The minimum absolute atomic E-state index is 0.0238. The fraction of sp³-hybridized carbons (Fsp3) is 0.478. The molecule has 3 aromatic rings. The lowest BCUT2D eigenvalue weighted by molar-refractivity contribution is 0.183. The van der Waals surface area contributed by atoms with Crippen molar-refractivity contribution in [3.8, 4) is 11.1 Å². The SMILES string of the molecule is COCC(C)Nc1cc(-c2cn(C)c(=O)c3cc(CN4CCN(S(C)(=O)=O)CC4)sc23)ccn1. The van der Waals surface area contributed by atoms with E-state index in [1.54, 1.807) is 36.3 Å². The maximum atomic E-state index is 12.9. The van der Waals surface area contributed by atoms with Gasteiger partial charge in [-0.3, -0.25) is 9.69 Å². The summed E-state index contributed by atoms with van der Waals surface area (Å²) in [6.07, 6.45) is 4.90. The fourth-order valence-corrected chi connectivity index (χ4v) is 6.30. The molecule has 0 radical (unpaired) electrons. The molecule has 0 amide bonds. The van der Waals surface area contributed by atoms with Crippen molar-refractivity contribution >= 4 is 37.3 Å². The highest BCUT2D eigenvalue weighted by molar-refractivity contribution is 7.88. The summed E-state index contributed by atoms with van der Waals surface area (Å²) in [7, 11) is 0.286. The molecular weight excluding hydrogens is 474 g/mol. The average molecular weight is 506 g/mol. The number of hydrogen-bond donors (Lipinski definition) is 1. The third-order valence-corrected chi connectivity index (χ3v) is 8.42. The first kappa shape index (κ1) is 24.8. The molecule has 4 heterocycles. The van der Waals surface area contributed by atoms with Crippen LogP contribution in [0.25, 0.3) is 21.2 Å². The van der Waals surface area contributed by atoms with E-state index in [0.717, 1.165) is 26.5 Å². The van der Waals surface area contributed by atoms with Crippen LogP contribution in [0.1, 0.15) is 11.8 Å². The fourth-order valence-electron chi connectivity index (χ4n) is 4.25. The molecule has 4 rings (SSSR count). The van der Waals surface area contributed by atoms with Gasteiger partial charge in [-0.05, 0) is 30.7 Å². The molecule has 1 unspecified atom stereocenters. The molecule has 1 fully saturated rings. The molecule has 1 aliphatic heterocycles. The number of sulfonamides is 1. The van der Waals surface area contributed by atoms with E-state index in [1.165, 1.54) is 10.6 Å². The molecule has 1 saturated heterocycles. The van der Waals surface area contributed by atoms with Gasteiger partial charge >= 0.3 is 0 Å². The van der Waals surface area contributed by atoms with E-state index < -0.39 is 10.0 Å². The van der Waals surface area contributed by atoms with Gasteiger partial charge in [-0.25, -0.2) is 13.4 Å². The van der Waals surface area contributed by atoms with E-state index in [9.17, 15) is 13.2 Å². The van der Waals surface area contributed by atoms with Crippen molar-refractivity contribution in [1.29, 1.82) is 0 Å². The molecule has 11 heteroatoms. The van der Waals surface area contributed by atoms with Crippen LogP contribution in [-0.4, -0.2) is 79.4 Å². The molecule has 0 bridgehead atoms. The van der Waals surface area contributed by atoms with Crippen LogP contribution in [0.15, 0.2) is 35.4 Å². The second-order valence-corrected chi connectivity index (χ2v) is 11.9. The van der Waals surface area contributed by atoms with Gasteiger partial charge in [0.05, 0.1) is 18.2 Å². The van der Waals surface area contributed by atoms with Crippen molar-refractivity contribution in [2.75, 3.05) is 51.5 Å². The average Bonchev–Trinajstić information content (AvgIpc) is 3.20. The van der Waals surface area contributed by atoms with Crippen molar-refractivity contribution in [3.05, 3.63) is 45.8 Å². The van der Waals surface area contributed by atoms with Gasteiger partial charge in [0.2, 0.25) is 10.0 Å². The quantitative estimate of drug-likeness (QED) is 0.501. The highest BCUT2D eigenvalue weighted by atomic mass is 32.2. The molecule has 0 aromatic carbocycles. The van der Waals surface area contributed by atoms with E-state index in [0.29, 0.717) is 44.7 Å². The minimum atomic E-state index is -3.16. The van der Waals surface area contributed by atoms with Crippen molar-refractivity contribution in [2.24, 2.45) is 7.05 Å². The Balaban J connectivity index is 1.61. The number of anilines is 1. The molecule has 3 aromatic heterocycles. The molecular formula is C23H31N5O4S2. The van der Waals surface area contributed by atoms with Gasteiger partial charge in [0, 0.05) is 80.5 Å². The number of piperazine rings is 1. The molecule has 9 nitrogen and oxygen atoms in total. The van der Waals surface area contributed by atoms with Gasteiger partial charge in [-0.15, -0.1) is 11.3 Å². The van der Waals surface area contributed by atoms with Crippen LogP contribution in [0, 0.1) is 0 Å². The van der Waals surface area contributed by atoms with E-state index in [-0.39, 0.29) is 11.6 Å². The summed E-state index contributed by atoms with van der Waals surface area (Å²) in [4.78, 5) is 20.7. The Kier molecular flexibility index (Phi) is 7.39. The Morgan fingerprint density at radius 2 is 1.97 bits per heavy atom. The molecule has 0 spiro atoms. The maximum Gasteiger partial charge on any atom is 0.259 e. The third kappa shape index (κ3) is 5.49. The highest BCUT2D eigenvalue weighted by Gasteiger charge is 2.24. The van der Waals surface area contributed by atoms with Gasteiger partial charge in [0.25, 0.3) is 5.56 Å². The van der Waals surface area contributed by atoms with Crippen LogP contribution in [0.2, 0.25) is 0 Å². The largest absolute Gasteiger partial charge is 0.383 e. The lowest BCUT2D eigenvalue weighted by Crippen LogP contribution is -2.47. The maximum absolute atomic E-state index is 12.9. The summed E-state index contributed by atoms with van der Waals surface area (Å²) < 4.78 is 32.9. The molecule has 0 saturated carbocycles. The topological polar surface area (TPSA) is 96.8 Å². The van der Waals surface area contributed by atoms with Gasteiger partial charge in [0.15, 0.2) is 0 Å². The monoisotopic (exact) mass is 505 g/mol. The van der Waals surface area contributed by atoms with Gasteiger partial charge in [-0.1, -0.05) is 0 Å². The van der Waals surface area contributed by atoms with Crippen molar-refractivity contribution < 1.29 is 13.2 Å². The number of thiophene rings is 1. The Morgan fingerprint density at radius 3 is 2.65 bits per heavy atom. The summed E-state index contributed by atoms with van der Waals surface area (Å²) in [6.45, 7) is 5.62. The first-order chi connectivity index (χ1) is 16.2. The van der Waals surface area contributed by atoms with E-state index in [2.05, 4.69) is 15.2 Å². The predicted molar refractivity (Wildman–Crippen MR) is 137 cm³/mol. The standard InChI is InChI=1S/C23H31N5O4S2/c1-16(15-32-3)25-21-11-17(5-6-24-21)20-14-26(2)23(29)19-12-18(33-22(19)20)13-27-7-9-28(10-8-27)34(4,30)31/h5-6,11-12,14,16H,7-10,13,15H2,1-4H3,(H,24,25). The smallest absolute Gasteiger partial charge is 0.259 e. The van der Waals surface area contributed by atoms with Crippen LogP contribution in [0.5, 0.6) is 0 Å². The molecule has 184 valence electrons. The first-order valence-electron chi connectivity index (χ1n) is 11.2. The van der Waals surface area contributed by atoms with Crippen LogP contribution < -0.4 is 10.9 Å². The Hall–Kier alpha value is -2.31.